The molecule has 0 aliphatic carbocycles. The van der Waals surface area contributed by atoms with Gasteiger partial charge in [0.1, 0.15) is 6.07 Å². The summed E-state index contributed by atoms with van der Waals surface area (Å²) in [6.45, 7) is 6.89. The molecular formula is C18H25N3. The van der Waals surface area contributed by atoms with Gasteiger partial charge in [-0.25, -0.2) is 0 Å². The molecular weight excluding hydrogens is 258 g/mol. The van der Waals surface area contributed by atoms with Crippen LogP contribution in [0.1, 0.15) is 43.7 Å². The third kappa shape index (κ3) is 3.06. The average molecular weight is 283 g/mol. The second kappa shape index (κ2) is 6.49. The molecule has 3 nitrogen and oxygen atoms in total. The monoisotopic (exact) mass is 283 g/mol. The number of likely N-dealkylation sites (tertiary alicyclic amines) is 1. The quantitative estimate of drug-likeness (QED) is 0.853. The Morgan fingerprint density at radius 2 is 1.86 bits per heavy atom. The highest BCUT2D eigenvalue weighted by atomic mass is 15.2. The molecule has 2 aliphatic rings. The molecule has 112 valence electrons. The molecule has 0 saturated carbocycles. The molecule has 3 rings (SSSR count). The van der Waals surface area contributed by atoms with Gasteiger partial charge in [0.25, 0.3) is 0 Å². The van der Waals surface area contributed by atoms with Gasteiger partial charge in [0.05, 0.1) is 11.3 Å². The van der Waals surface area contributed by atoms with E-state index in [0.29, 0.717) is 0 Å². The van der Waals surface area contributed by atoms with Crippen LogP contribution in [0.15, 0.2) is 18.2 Å². The Hall–Kier alpha value is -1.53. The first-order valence-corrected chi connectivity index (χ1v) is 8.34. The smallest absolute Gasteiger partial charge is 0.101 e. The van der Waals surface area contributed by atoms with Gasteiger partial charge in [0.15, 0.2) is 0 Å². The van der Waals surface area contributed by atoms with E-state index in [1.165, 1.54) is 44.3 Å². The highest BCUT2D eigenvalue weighted by Crippen LogP contribution is 2.27. The molecule has 1 aromatic carbocycles. The van der Waals surface area contributed by atoms with Crippen LogP contribution < -0.4 is 4.90 Å². The topological polar surface area (TPSA) is 30.3 Å². The largest absolute Gasteiger partial charge is 0.370 e. The summed E-state index contributed by atoms with van der Waals surface area (Å²) >= 11 is 0. The normalized spacial score (nSPS) is 20.7. The molecule has 0 bridgehead atoms. The van der Waals surface area contributed by atoms with Crippen molar-refractivity contribution in [2.75, 3.05) is 31.1 Å². The number of nitriles is 1. The number of aryl methyl sites for hydroxylation is 1. The van der Waals surface area contributed by atoms with Crippen LogP contribution in [0.2, 0.25) is 0 Å². The Bertz CT molecular complexity index is 518. The van der Waals surface area contributed by atoms with Crippen molar-refractivity contribution >= 4 is 5.69 Å². The predicted octanol–water partition coefficient (Wildman–Crippen LogP) is 3.19. The van der Waals surface area contributed by atoms with E-state index in [9.17, 15) is 5.26 Å². The number of anilines is 1. The van der Waals surface area contributed by atoms with Gasteiger partial charge in [-0.3, -0.25) is 0 Å². The molecule has 0 atom stereocenters. The van der Waals surface area contributed by atoms with Crippen molar-refractivity contribution in [2.45, 2.75) is 45.1 Å². The minimum atomic E-state index is 0.768. The number of benzene rings is 1. The molecule has 3 heteroatoms. The number of piperidine rings is 1. The van der Waals surface area contributed by atoms with E-state index in [1.807, 2.05) is 0 Å². The Morgan fingerprint density at radius 3 is 2.48 bits per heavy atom. The molecule has 2 fully saturated rings. The van der Waals surface area contributed by atoms with E-state index in [4.69, 9.17) is 0 Å². The molecule has 0 amide bonds. The van der Waals surface area contributed by atoms with Gasteiger partial charge in [-0.15, -0.1) is 0 Å². The van der Waals surface area contributed by atoms with Crippen LogP contribution in [0, 0.1) is 11.3 Å². The molecule has 0 aromatic heterocycles. The standard InChI is InChI=1S/C18H25N3/c1-2-15-5-6-18(16(13-15)14-19)21-11-7-17(8-12-21)20-9-3-4-10-20/h5-6,13,17H,2-4,7-12H2,1H3. The fraction of sp³-hybridized carbons (Fsp3) is 0.611. The lowest BCUT2D eigenvalue weighted by molar-refractivity contribution is 0.208. The fourth-order valence-corrected chi connectivity index (χ4v) is 3.75. The lowest BCUT2D eigenvalue weighted by atomic mass is 10.0. The van der Waals surface area contributed by atoms with Gasteiger partial charge < -0.3 is 9.80 Å². The van der Waals surface area contributed by atoms with Crippen molar-refractivity contribution < 1.29 is 0 Å². The Labute approximate surface area is 128 Å². The highest BCUT2D eigenvalue weighted by Gasteiger charge is 2.27. The Balaban J connectivity index is 1.67. The van der Waals surface area contributed by atoms with E-state index in [0.717, 1.165) is 36.8 Å². The maximum Gasteiger partial charge on any atom is 0.101 e. The van der Waals surface area contributed by atoms with Crippen molar-refractivity contribution in [3.05, 3.63) is 29.3 Å². The van der Waals surface area contributed by atoms with E-state index >= 15 is 0 Å². The summed E-state index contributed by atoms with van der Waals surface area (Å²) < 4.78 is 0. The van der Waals surface area contributed by atoms with Crippen molar-refractivity contribution in [2.24, 2.45) is 0 Å². The third-order valence-corrected chi connectivity index (χ3v) is 5.05. The molecule has 0 radical (unpaired) electrons. The second-order valence-electron chi connectivity index (χ2n) is 6.28. The van der Waals surface area contributed by atoms with E-state index < -0.39 is 0 Å². The zero-order valence-corrected chi connectivity index (χ0v) is 13.0. The Kier molecular flexibility index (Phi) is 4.45. The van der Waals surface area contributed by atoms with Gasteiger partial charge in [0, 0.05) is 19.1 Å². The summed E-state index contributed by atoms with van der Waals surface area (Å²) in [5, 5.41) is 9.41. The van der Waals surface area contributed by atoms with Crippen LogP contribution in [-0.2, 0) is 6.42 Å². The summed E-state index contributed by atoms with van der Waals surface area (Å²) in [6, 6.07) is 9.52. The fourth-order valence-electron chi connectivity index (χ4n) is 3.75. The van der Waals surface area contributed by atoms with E-state index in [-0.39, 0.29) is 0 Å². The lowest BCUT2D eigenvalue weighted by Crippen LogP contribution is -2.44. The zero-order valence-electron chi connectivity index (χ0n) is 13.0. The van der Waals surface area contributed by atoms with Gasteiger partial charge in [-0.05, 0) is 62.9 Å². The van der Waals surface area contributed by atoms with Crippen LogP contribution in [0.5, 0.6) is 0 Å². The van der Waals surface area contributed by atoms with Crippen molar-refractivity contribution in [1.82, 2.24) is 4.90 Å². The summed E-state index contributed by atoms with van der Waals surface area (Å²) in [4.78, 5) is 5.08. The third-order valence-electron chi connectivity index (χ3n) is 5.05. The molecule has 2 aliphatic heterocycles. The number of hydrogen-bond donors (Lipinski definition) is 0. The summed E-state index contributed by atoms with van der Waals surface area (Å²) in [7, 11) is 0. The van der Waals surface area contributed by atoms with Crippen LogP contribution >= 0.6 is 0 Å². The van der Waals surface area contributed by atoms with Crippen LogP contribution in [0.3, 0.4) is 0 Å². The van der Waals surface area contributed by atoms with Gasteiger partial charge in [-0.2, -0.15) is 5.26 Å². The minimum absolute atomic E-state index is 0.768. The van der Waals surface area contributed by atoms with Crippen LogP contribution in [0.4, 0.5) is 5.69 Å². The van der Waals surface area contributed by atoms with Gasteiger partial charge in [0.2, 0.25) is 0 Å². The second-order valence-corrected chi connectivity index (χ2v) is 6.28. The average Bonchev–Trinajstić information content (AvgIpc) is 3.09. The first-order chi connectivity index (χ1) is 10.3. The van der Waals surface area contributed by atoms with Gasteiger partial charge in [-0.1, -0.05) is 13.0 Å². The maximum absolute atomic E-state index is 9.41. The zero-order chi connectivity index (χ0) is 14.7. The van der Waals surface area contributed by atoms with Crippen LogP contribution in [-0.4, -0.2) is 37.1 Å². The highest BCUT2D eigenvalue weighted by molar-refractivity contribution is 5.60. The molecule has 2 saturated heterocycles. The molecule has 1 aromatic rings. The molecule has 0 spiro atoms. The maximum atomic E-state index is 9.41. The van der Waals surface area contributed by atoms with Gasteiger partial charge >= 0.3 is 0 Å². The SMILES string of the molecule is CCc1ccc(N2CCC(N3CCCC3)CC2)c(C#N)c1. The molecule has 21 heavy (non-hydrogen) atoms. The summed E-state index contributed by atoms with van der Waals surface area (Å²) in [5.41, 5.74) is 3.23. The number of hydrogen-bond acceptors (Lipinski definition) is 3. The number of nitrogens with zero attached hydrogens (tertiary/aromatic N) is 3. The lowest BCUT2D eigenvalue weighted by Gasteiger charge is -2.38. The molecule has 0 unspecified atom stereocenters. The van der Waals surface area contributed by atoms with Crippen molar-refractivity contribution in [1.29, 1.82) is 5.26 Å². The van der Waals surface area contributed by atoms with Crippen molar-refractivity contribution in [3.63, 3.8) is 0 Å². The van der Waals surface area contributed by atoms with E-state index in [2.05, 4.69) is 41.0 Å². The molecule has 0 N–H and O–H groups in total. The summed E-state index contributed by atoms with van der Waals surface area (Å²) in [5.74, 6) is 0. The minimum Gasteiger partial charge on any atom is -0.370 e. The number of rotatable bonds is 3. The summed E-state index contributed by atoms with van der Waals surface area (Å²) in [6.07, 6.45) is 6.21. The van der Waals surface area contributed by atoms with Crippen LogP contribution in [0.25, 0.3) is 0 Å². The predicted molar refractivity (Wildman–Crippen MR) is 86.6 cm³/mol. The Morgan fingerprint density at radius 1 is 1.14 bits per heavy atom. The first kappa shape index (κ1) is 14.4. The van der Waals surface area contributed by atoms with Crippen molar-refractivity contribution in [3.8, 4) is 6.07 Å². The first-order valence-electron chi connectivity index (χ1n) is 8.34. The van der Waals surface area contributed by atoms with E-state index in [1.54, 1.807) is 0 Å². The molecule has 2 heterocycles.